The Bertz CT molecular complexity index is 1160. The van der Waals surface area contributed by atoms with Crippen molar-refractivity contribution in [3.05, 3.63) is 54.2 Å². The zero-order valence-electron chi connectivity index (χ0n) is 16.9. The van der Waals surface area contributed by atoms with Gasteiger partial charge in [-0.25, -0.2) is 8.42 Å². The Balaban J connectivity index is 1.66. The normalized spacial score (nSPS) is 17.6. The number of fused-ring (bicyclic) bond motifs is 1. The first-order valence-corrected chi connectivity index (χ1v) is 12.0. The predicted octanol–water partition coefficient (Wildman–Crippen LogP) is 3.51. The molecule has 8 heteroatoms. The quantitative estimate of drug-likeness (QED) is 0.673. The van der Waals surface area contributed by atoms with Crippen LogP contribution in [0.3, 0.4) is 0 Å². The first-order valence-electron chi connectivity index (χ1n) is 10.1. The highest BCUT2D eigenvalue weighted by Crippen LogP contribution is 2.24. The number of nitrogens with zero attached hydrogens (tertiary/aromatic N) is 2. The number of rotatable bonds is 5. The van der Waals surface area contributed by atoms with Gasteiger partial charge >= 0.3 is 0 Å². The second kappa shape index (κ2) is 8.57. The fourth-order valence-electron chi connectivity index (χ4n) is 3.84. The summed E-state index contributed by atoms with van der Waals surface area (Å²) in [6, 6.07) is 13.8. The van der Waals surface area contributed by atoms with E-state index >= 15 is 0 Å². The van der Waals surface area contributed by atoms with Gasteiger partial charge in [-0.3, -0.25) is 9.48 Å². The molecule has 158 valence electrons. The standard InChI is InChI=1S/C22H25N3O4S/c1-30(27,28)18-8-4-7-17(14-18)23-22(26)21-19-9-2-3-10-20(19)24-25(21)15-16-6-5-12-29-13-11-16/h2-4,7-10,14,16H,5-6,11-13,15H2,1H3,(H,23,26). The van der Waals surface area contributed by atoms with Crippen LogP contribution in [-0.4, -0.2) is 43.6 Å². The summed E-state index contributed by atoms with van der Waals surface area (Å²) in [5, 5.41) is 8.30. The molecule has 1 saturated heterocycles. The third-order valence-corrected chi connectivity index (χ3v) is 6.49. The van der Waals surface area contributed by atoms with Crippen LogP contribution < -0.4 is 5.32 Å². The molecule has 1 aromatic heterocycles. The molecule has 1 fully saturated rings. The summed E-state index contributed by atoms with van der Waals surface area (Å²) < 4.78 is 31.0. The summed E-state index contributed by atoms with van der Waals surface area (Å²) in [5.41, 5.74) is 1.68. The van der Waals surface area contributed by atoms with Crippen LogP contribution in [0.25, 0.3) is 10.9 Å². The molecule has 3 aromatic rings. The van der Waals surface area contributed by atoms with Crippen LogP contribution in [-0.2, 0) is 21.1 Å². The molecule has 2 aromatic carbocycles. The van der Waals surface area contributed by atoms with E-state index in [1.165, 1.54) is 12.1 Å². The second-order valence-electron chi connectivity index (χ2n) is 7.71. The van der Waals surface area contributed by atoms with Crippen molar-refractivity contribution in [2.75, 3.05) is 24.8 Å². The van der Waals surface area contributed by atoms with Crippen LogP contribution in [0.5, 0.6) is 0 Å². The van der Waals surface area contributed by atoms with Crippen molar-refractivity contribution in [1.29, 1.82) is 0 Å². The summed E-state index contributed by atoms with van der Waals surface area (Å²) in [6.07, 6.45) is 4.12. The predicted molar refractivity (Wildman–Crippen MR) is 115 cm³/mol. The number of carbonyl (C=O) groups is 1. The molecule has 0 saturated carbocycles. The number of benzene rings is 2. The number of hydrogen-bond donors (Lipinski definition) is 1. The van der Waals surface area contributed by atoms with Gasteiger partial charge in [-0.2, -0.15) is 5.10 Å². The van der Waals surface area contributed by atoms with Gasteiger partial charge in [0.05, 0.1) is 10.4 Å². The molecule has 0 bridgehead atoms. The highest BCUT2D eigenvalue weighted by Gasteiger charge is 2.22. The zero-order valence-corrected chi connectivity index (χ0v) is 17.7. The Labute approximate surface area is 176 Å². The van der Waals surface area contributed by atoms with E-state index in [9.17, 15) is 13.2 Å². The number of aromatic nitrogens is 2. The molecule has 1 unspecified atom stereocenters. The molecule has 0 aliphatic carbocycles. The minimum Gasteiger partial charge on any atom is -0.381 e. The smallest absolute Gasteiger partial charge is 0.274 e. The lowest BCUT2D eigenvalue weighted by atomic mass is 10.0. The van der Waals surface area contributed by atoms with Crippen molar-refractivity contribution in [2.24, 2.45) is 5.92 Å². The molecule has 0 radical (unpaired) electrons. The maximum Gasteiger partial charge on any atom is 0.274 e. The van der Waals surface area contributed by atoms with Gasteiger partial charge in [-0.1, -0.05) is 24.3 Å². The molecule has 4 rings (SSSR count). The van der Waals surface area contributed by atoms with Gasteiger partial charge in [-0.15, -0.1) is 0 Å². The second-order valence-corrected chi connectivity index (χ2v) is 9.73. The summed E-state index contributed by atoms with van der Waals surface area (Å²) in [6.45, 7) is 2.15. The van der Waals surface area contributed by atoms with Crippen molar-refractivity contribution in [1.82, 2.24) is 9.78 Å². The molecule has 1 aliphatic heterocycles. The first kappa shape index (κ1) is 20.6. The van der Waals surface area contributed by atoms with E-state index in [1.807, 2.05) is 24.3 Å². The van der Waals surface area contributed by atoms with E-state index in [4.69, 9.17) is 4.74 Å². The Morgan fingerprint density at radius 3 is 2.83 bits per heavy atom. The lowest BCUT2D eigenvalue weighted by molar-refractivity contribution is 0.101. The van der Waals surface area contributed by atoms with Crippen LogP contribution in [0.1, 0.15) is 29.8 Å². The van der Waals surface area contributed by atoms with E-state index in [0.717, 1.165) is 49.6 Å². The molecule has 0 spiro atoms. The first-order chi connectivity index (χ1) is 14.4. The van der Waals surface area contributed by atoms with Crippen LogP contribution in [0.15, 0.2) is 53.4 Å². The van der Waals surface area contributed by atoms with Crippen LogP contribution >= 0.6 is 0 Å². The third kappa shape index (κ3) is 4.55. The number of anilines is 1. The lowest BCUT2D eigenvalue weighted by Gasteiger charge is -2.15. The van der Waals surface area contributed by atoms with E-state index in [-0.39, 0.29) is 10.8 Å². The lowest BCUT2D eigenvalue weighted by Crippen LogP contribution is -2.21. The minimum atomic E-state index is -3.36. The number of sulfone groups is 1. The van der Waals surface area contributed by atoms with E-state index < -0.39 is 9.84 Å². The molecule has 1 atom stereocenters. The van der Waals surface area contributed by atoms with Gasteiger partial charge in [0, 0.05) is 37.1 Å². The molecule has 2 heterocycles. The van der Waals surface area contributed by atoms with Gasteiger partial charge in [-0.05, 0) is 49.4 Å². The van der Waals surface area contributed by atoms with Crippen molar-refractivity contribution in [3.63, 3.8) is 0 Å². The maximum atomic E-state index is 13.2. The van der Waals surface area contributed by atoms with E-state index in [2.05, 4.69) is 10.4 Å². The van der Waals surface area contributed by atoms with Crippen molar-refractivity contribution >= 4 is 32.3 Å². The Kier molecular flexibility index (Phi) is 5.87. The Morgan fingerprint density at radius 1 is 1.17 bits per heavy atom. The van der Waals surface area contributed by atoms with Gasteiger partial charge < -0.3 is 10.1 Å². The highest BCUT2D eigenvalue weighted by atomic mass is 32.2. The van der Waals surface area contributed by atoms with Crippen LogP contribution in [0.2, 0.25) is 0 Å². The van der Waals surface area contributed by atoms with Crippen LogP contribution in [0, 0.1) is 5.92 Å². The monoisotopic (exact) mass is 427 g/mol. The number of ether oxygens (including phenoxy) is 1. The van der Waals surface area contributed by atoms with E-state index in [1.54, 1.807) is 16.8 Å². The molecule has 30 heavy (non-hydrogen) atoms. The highest BCUT2D eigenvalue weighted by molar-refractivity contribution is 7.90. The fraction of sp³-hybridized carbons (Fsp3) is 0.364. The van der Waals surface area contributed by atoms with Crippen molar-refractivity contribution < 1.29 is 17.9 Å². The van der Waals surface area contributed by atoms with Crippen molar-refractivity contribution in [3.8, 4) is 0 Å². The minimum absolute atomic E-state index is 0.164. The maximum absolute atomic E-state index is 13.2. The van der Waals surface area contributed by atoms with Gasteiger partial charge in [0.2, 0.25) is 0 Å². The molecule has 7 nitrogen and oxygen atoms in total. The number of nitrogens with one attached hydrogen (secondary N) is 1. The SMILES string of the molecule is CS(=O)(=O)c1cccc(NC(=O)c2c3ccccc3nn2CC2CCCOCC2)c1. The third-order valence-electron chi connectivity index (χ3n) is 5.38. The average Bonchev–Trinajstić information content (AvgIpc) is 2.87. The molecule has 1 amide bonds. The Hall–Kier alpha value is -2.71. The number of carbonyl (C=O) groups excluding carboxylic acids is 1. The summed E-state index contributed by atoms with van der Waals surface area (Å²) in [5.74, 6) is 0.0844. The average molecular weight is 428 g/mol. The molecule has 1 N–H and O–H groups in total. The number of amides is 1. The zero-order chi connectivity index (χ0) is 21.1. The van der Waals surface area contributed by atoms with Gasteiger partial charge in [0.25, 0.3) is 5.91 Å². The van der Waals surface area contributed by atoms with Gasteiger partial charge in [0.1, 0.15) is 5.69 Å². The van der Waals surface area contributed by atoms with Crippen molar-refractivity contribution in [2.45, 2.75) is 30.7 Å². The topological polar surface area (TPSA) is 90.3 Å². The fourth-order valence-corrected chi connectivity index (χ4v) is 4.51. The van der Waals surface area contributed by atoms with E-state index in [0.29, 0.717) is 23.8 Å². The number of hydrogen-bond acceptors (Lipinski definition) is 5. The van der Waals surface area contributed by atoms with Crippen LogP contribution in [0.4, 0.5) is 5.69 Å². The van der Waals surface area contributed by atoms with Gasteiger partial charge in [0.15, 0.2) is 9.84 Å². The largest absolute Gasteiger partial charge is 0.381 e. The summed E-state index contributed by atoms with van der Waals surface area (Å²) in [4.78, 5) is 13.4. The summed E-state index contributed by atoms with van der Waals surface area (Å²) in [7, 11) is -3.36. The Morgan fingerprint density at radius 2 is 2.00 bits per heavy atom. The molecule has 1 aliphatic rings. The molecular formula is C22H25N3O4S. The summed E-state index contributed by atoms with van der Waals surface area (Å²) >= 11 is 0. The molecular weight excluding hydrogens is 402 g/mol.